The van der Waals surface area contributed by atoms with Crippen LogP contribution in [-0.4, -0.2) is 47.2 Å². The summed E-state index contributed by atoms with van der Waals surface area (Å²) in [5, 5.41) is 17.2. The van der Waals surface area contributed by atoms with Gasteiger partial charge < -0.3 is 9.80 Å². The second kappa shape index (κ2) is 6.63. The summed E-state index contributed by atoms with van der Waals surface area (Å²) < 4.78 is 0. The highest BCUT2D eigenvalue weighted by atomic mass is 35.5. The van der Waals surface area contributed by atoms with Gasteiger partial charge in [0.1, 0.15) is 6.07 Å². The van der Waals surface area contributed by atoms with Crippen LogP contribution in [0.1, 0.15) is 16.1 Å². The van der Waals surface area contributed by atoms with Crippen molar-refractivity contribution >= 4 is 23.3 Å². The first-order valence-corrected chi connectivity index (χ1v) is 7.59. The minimum atomic E-state index is 0.00669. The summed E-state index contributed by atoms with van der Waals surface area (Å²) in [6.07, 6.45) is 0. The van der Waals surface area contributed by atoms with Gasteiger partial charge in [-0.2, -0.15) is 5.26 Å². The summed E-state index contributed by atoms with van der Waals surface area (Å²) in [5.41, 5.74) is 0.936. The summed E-state index contributed by atoms with van der Waals surface area (Å²) in [6.45, 7) is 2.59. The van der Waals surface area contributed by atoms with Gasteiger partial charge in [-0.05, 0) is 36.4 Å². The van der Waals surface area contributed by atoms with E-state index in [0.717, 1.165) is 5.82 Å². The van der Waals surface area contributed by atoms with Crippen molar-refractivity contribution in [2.75, 3.05) is 31.1 Å². The summed E-state index contributed by atoms with van der Waals surface area (Å²) in [4.78, 5) is 16.3. The highest BCUT2D eigenvalue weighted by Crippen LogP contribution is 2.16. The molecular weight excluding hydrogens is 314 g/mol. The van der Waals surface area contributed by atoms with Crippen molar-refractivity contribution in [1.29, 1.82) is 5.26 Å². The van der Waals surface area contributed by atoms with Crippen molar-refractivity contribution in [3.8, 4) is 6.07 Å². The third-order valence-electron chi connectivity index (χ3n) is 3.75. The minimum Gasteiger partial charge on any atom is -0.352 e. The van der Waals surface area contributed by atoms with Gasteiger partial charge in [-0.1, -0.05) is 11.6 Å². The lowest BCUT2D eigenvalue weighted by molar-refractivity contribution is 0.0746. The molecule has 1 saturated heterocycles. The molecule has 23 heavy (non-hydrogen) atoms. The van der Waals surface area contributed by atoms with Crippen molar-refractivity contribution in [1.82, 2.24) is 15.1 Å². The number of aromatic nitrogens is 2. The Morgan fingerprint density at radius 2 is 1.74 bits per heavy atom. The first-order valence-electron chi connectivity index (χ1n) is 7.21. The third-order valence-corrected chi connectivity index (χ3v) is 4.00. The lowest BCUT2D eigenvalue weighted by Crippen LogP contribution is -2.49. The van der Waals surface area contributed by atoms with E-state index >= 15 is 0 Å². The Kier molecular flexibility index (Phi) is 4.40. The molecule has 2 heterocycles. The molecule has 116 valence electrons. The molecule has 0 atom stereocenters. The van der Waals surface area contributed by atoms with Crippen LogP contribution in [0.3, 0.4) is 0 Å². The Hall–Kier alpha value is -2.65. The number of carbonyl (C=O) groups is 1. The molecule has 0 bridgehead atoms. The van der Waals surface area contributed by atoms with E-state index in [0.29, 0.717) is 42.5 Å². The van der Waals surface area contributed by atoms with Crippen molar-refractivity contribution in [3.63, 3.8) is 0 Å². The molecule has 1 aromatic carbocycles. The summed E-state index contributed by atoms with van der Waals surface area (Å²) in [7, 11) is 0. The molecule has 1 amide bonds. The van der Waals surface area contributed by atoms with Crippen molar-refractivity contribution < 1.29 is 4.79 Å². The standard InChI is InChI=1S/C16H14ClN5O/c17-13-3-1-12(2-4-13)16(23)22-9-7-21(8-10-22)15-6-5-14(11-18)19-20-15/h1-6H,7-10H2. The molecule has 0 unspecified atom stereocenters. The number of rotatable bonds is 2. The zero-order valence-electron chi connectivity index (χ0n) is 12.3. The van der Waals surface area contributed by atoms with E-state index in [1.165, 1.54) is 0 Å². The maximum atomic E-state index is 12.4. The molecule has 0 aliphatic carbocycles. The number of halogens is 1. The van der Waals surface area contributed by atoms with E-state index in [9.17, 15) is 4.79 Å². The van der Waals surface area contributed by atoms with E-state index in [1.54, 1.807) is 36.4 Å². The van der Waals surface area contributed by atoms with E-state index in [1.807, 2.05) is 11.0 Å². The highest BCUT2D eigenvalue weighted by Gasteiger charge is 2.23. The van der Waals surface area contributed by atoms with Crippen LogP contribution in [0.4, 0.5) is 5.82 Å². The fraction of sp³-hybridized carbons (Fsp3) is 0.250. The number of carbonyl (C=O) groups excluding carboxylic acids is 1. The van der Waals surface area contributed by atoms with Gasteiger partial charge in [-0.3, -0.25) is 4.79 Å². The molecular formula is C16H14ClN5O. The molecule has 0 saturated carbocycles. The van der Waals surface area contributed by atoms with E-state index in [-0.39, 0.29) is 5.91 Å². The fourth-order valence-corrected chi connectivity index (χ4v) is 2.59. The van der Waals surface area contributed by atoms with E-state index < -0.39 is 0 Å². The predicted molar refractivity (Wildman–Crippen MR) is 86.3 cm³/mol. The van der Waals surface area contributed by atoms with Gasteiger partial charge in [0, 0.05) is 36.8 Å². The zero-order chi connectivity index (χ0) is 16.2. The van der Waals surface area contributed by atoms with Crippen LogP contribution < -0.4 is 4.90 Å². The molecule has 1 aliphatic heterocycles. The van der Waals surface area contributed by atoms with Crippen LogP contribution in [-0.2, 0) is 0 Å². The normalized spacial score (nSPS) is 14.4. The van der Waals surface area contributed by atoms with Gasteiger partial charge in [0.25, 0.3) is 5.91 Å². The molecule has 1 aliphatic rings. The van der Waals surface area contributed by atoms with E-state index in [4.69, 9.17) is 16.9 Å². The van der Waals surface area contributed by atoms with Gasteiger partial charge in [0.2, 0.25) is 0 Å². The lowest BCUT2D eigenvalue weighted by atomic mass is 10.2. The van der Waals surface area contributed by atoms with Crippen molar-refractivity contribution in [2.24, 2.45) is 0 Å². The van der Waals surface area contributed by atoms with E-state index in [2.05, 4.69) is 15.1 Å². The summed E-state index contributed by atoms with van der Waals surface area (Å²) in [6, 6.07) is 12.3. The fourth-order valence-electron chi connectivity index (χ4n) is 2.47. The van der Waals surface area contributed by atoms with Crippen molar-refractivity contribution in [2.45, 2.75) is 0 Å². The Labute approximate surface area is 138 Å². The molecule has 1 aromatic heterocycles. The average molecular weight is 328 g/mol. The molecule has 0 N–H and O–H groups in total. The van der Waals surface area contributed by atoms with Gasteiger partial charge in [0.05, 0.1) is 0 Å². The molecule has 2 aromatic rings. The van der Waals surface area contributed by atoms with Crippen LogP contribution in [0.25, 0.3) is 0 Å². The van der Waals surface area contributed by atoms with Crippen molar-refractivity contribution in [3.05, 3.63) is 52.7 Å². The lowest BCUT2D eigenvalue weighted by Gasteiger charge is -2.35. The SMILES string of the molecule is N#Cc1ccc(N2CCN(C(=O)c3ccc(Cl)cc3)CC2)nn1. The molecule has 0 radical (unpaired) electrons. The molecule has 7 heteroatoms. The van der Waals surface area contributed by atoms with Gasteiger partial charge in [0.15, 0.2) is 11.5 Å². The summed E-state index contributed by atoms with van der Waals surface area (Å²) in [5.74, 6) is 0.731. The second-order valence-corrected chi connectivity index (χ2v) is 5.61. The van der Waals surface area contributed by atoms with Gasteiger partial charge in [-0.25, -0.2) is 0 Å². The van der Waals surface area contributed by atoms with Crippen LogP contribution >= 0.6 is 11.6 Å². The van der Waals surface area contributed by atoms with Gasteiger partial charge >= 0.3 is 0 Å². The monoisotopic (exact) mass is 327 g/mol. The Bertz CT molecular complexity index is 731. The number of amides is 1. The summed E-state index contributed by atoms with van der Waals surface area (Å²) >= 11 is 5.85. The van der Waals surface area contributed by atoms with Gasteiger partial charge in [-0.15, -0.1) is 10.2 Å². The van der Waals surface area contributed by atoms with Crippen LogP contribution in [0.15, 0.2) is 36.4 Å². The number of nitrogens with zero attached hydrogens (tertiary/aromatic N) is 5. The number of anilines is 1. The van der Waals surface area contributed by atoms with Crippen LogP contribution in [0.5, 0.6) is 0 Å². The second-order valence-electron chi connectivity index (χ2n) is 5.17. The Morgan fingerprint density at radius 3 is 2.30 bits per heavy atom. The minimum absolute atomic E-state index is 0.00669. The average Bonchev–Trinajstić information content (AvgIpc) is 2.62. The van der Waals surface area contributed by atoms with Crippen LogP contribution in [0.2, 0.25) is 5.02 Å². The Balaban J connectivity index is 1.62. The predicted octanol–water partition coefficient (Wildman–Crippen LogP) is 1.96. The number of benzene rings is 1. The molecule has 0 spiro atoms. The maximum Gasteiger partial charge on any atom is 0.253 e. The topological polar surface area (TPSA) is 73.1 Å². The largest absolute Gasteiger partial charge is 0.352 e. The van der Waals surface area contributed by atoms with Crippen LogP contribution in [0, 0.1) is 11.3 Å². The third kappa shape index (κ3) is 3.41. The smallest absolute Gasteiger partial charge is 0.253 e. The molecule has 1 fully saturated rings. The number of nitriles is 1. The quantitative estimate of drug-likeness (QED) is 0.843. The number of piperazine rings is 1. The maximum absolute atomic E-state index is 12.4. The first kappa shape index (κ1) is 15.3. The Morgan fingerprint density at radius 1 is 1.04 bits per heavy atom. The molecule has 6 nitrogen and oxygen atoms in total. The highest BCUT2D eigenvalue weighted by molar-refractivity contribution is 6.30. The molecule has 3 rings (SSSR count). The number of hydrogen-bond donors (Lipinski definition) is 0. The number of hydrogen-bond acceptors (Lipinski definition) is 5. The first-order chi connectivity index (χ1) is 11.2. The zero-order valence-corrected chi connectivity index (χ0v) is 13.1.